The first kappa shape index (κ1) is 79.9. The van der Waals surface area contributed by atoms with Gasteiger partial charge in [-0.05, 0) is 70.6 Å². The van der Waals surface area contributed by atoms with E-state index in [4.69, 9.17) is 14.2 Å². The van der Waals surface area contributed by atoms with Gasteiger partial charge in [0.15, 0.2) is 6.10 Å². The minimum atomic E-state index is -0.775. The van der Waals surface area contributed by atoms with Crippen molar-refractivity contribution in [1.29, 1.82) is 0 Å². The van der Waals surface area contributed by atoms with Crippen molar-refractivity contribution in [1.82, 2.24) is 0 Å². The van der Waals surface area contributed by atoms with Crippen molar-refractivity contribution in [3.63, 3.8) is 0 Å². The van der Waals surface area contributed by atoms with Gasteiger partial charge in [-0.3, -0.25) is 14.4 Å². The minimum absolute atomic E-state index is 0.0690. The highest BCUT2D eigenvalue weighted by molar-refractivity contribution is 5.71. The van der Waals surface area contributed by atoms with Crippen molar-refractivity contribution in [2.24, 2.45) is 0 Å². The summed E-state index contributed by atoms with van der Waals surface area (Å²) in [6, 6.07) is 0. The van der Waals surface area contributed by atoms with Crippen molar-refractivity contribution in [3.05, 3.63) is 24.3 Å². The maximum absolute atomic E-state index is 13.0. The van der Waals surface area contributed by atoms with Gasteiger partial charge in [0.2, 0.25) is 0 Å². The molecule has 0 saturated carbocycles. The largest absolute Gasteiger partial charge is 0.462 e. The molecular weight excluding hydrogens is 1010 g/mol. The Morgan fingerprint density at radius 2 is 0.402 bits per heavy atom. The topological polar surface area (TPSA) is 78.9 Å². The zero-order valence-corrected chi connectivity index (χ0v) is 55.8. The molecule has 0 aliphatic rings. The fraction of sp³-hybridized carbons (Fsp3) is 0.908. The van der Waals surface area contributed by atoms with Gasteiger partial charge in [-0.1, -0.05) is 360 Å². The third kappa shape index (κ3) is 68.7. The summed E-state index contributed by atoms with van der Waals surface area (Å²) in [5, 5.41) is 0. The molecule has 0 aromatic heterocycles. The summed E-state index contributed by atoms with van der Waals surface area (Å²) in [4.78, 5) is 38.5. The van der Waals surface area contributed by atoms with Gasteiger partial charge in [0.1, 0.15) is 13.2 Å². The van der Waals surface area contributed by atoms with Crippen LogP contribution in [0.4, 0.5) is 0 Å². The molecular formula is C76H144O6. The number of carbonyl (C=O) groups excluding carboxylic acids is 3. The maximum atomic E-state index is 13.0. The first-order valence-electron chi connectivity index (χ1n) is 37.3. The van der Waals surface area contributed by atoms with Gasteiger partial charge < -0.3 is 14.2 Å². The second kappa shape index (κ2) is 71.4. The Kier molecular flexibility index (Phi) is 69.5. The summed E-state index contributed by atoms with van der Waals surface area (Å²) in [5.74, 6) is -0.846. The monoisotopic (exact) mass is 1150 g/mol. The smallest absolute Gasteiger partial charge is 0.306 e. The lowest BCUT2D eigenvalue weighted by molar-refractivity contribution is -0.167. The van der Waals surface area contributed by atoms with Gasteiger partial charge in [0, 0.05) is 19.3 Å². The predicted molar refractivity (Wildman–Crippen MR) is 358 cm³/mol. The Morgan fingerprint density at radius 1 is 0.232 bits per heavy atom. The molecule has 0 radical (unpaired) electrons. The Balaban J connectivity index is 4.24. The van der Waals surface area contributed by atoms with Crippen molar-refractivity contribution < 1.29 is 28.6 Å². The summed E-state index contributed by atoms with van der Waals surface area (Å²) in [7, 11) is 0. The molecule has 0 N–H and O–H groups in total. The van der Waals surface area contributed by atoms with Gasteiger partial charge in [-0.2, -0.15) is 0 Å². The van der Waals surface area contributed by atoms with Crippen molar-refractivity contribution in [2.75, 3.05) is 13.2 Å². The van der Waals surface area contributed by atoms with E-state index in [2.05, 4.69) is 45.1 Å². The summed E-state index contributed by atoms with van der Waals surface area (Å²) in [6.45, 7) is 6.72. The molecule has 0 aliphatic heterocycles. The minimum Gasteiger partial charge on any atom is -0.462 e. The molecule has 0 saturated heterocycles. The highest BCUT2D eigenvalue weighted by Gasteiger charge is 2.20. The number of hydrogen-bond donors (Lipinski definition) is 0. The van der Waals surface area contributed by atoms with Gasteiger partial charge in [-0.15, -0.1) is 0 Å². The van der Waals surface area contributed by atoms with Crippen LogP contribution in [0, 0.1) is 0 Å². The molecule has 1 atom stereocenters. The molecule has 0 amide bonds. The van der Waals surface area contributed by atoms with Crippen LogP contribution in [0.3, 0.4) is 0 Å². The van der Waals surface area contributed by atoms with E-state index in [1.165, 1.54) is 321 Å². The summed E-state index contributed by atoms with van der Waals surface area (Å²) < 4.78 is 17.0. The van der Waals surface area contributed by atoms with Crippen LogP contribution in [0.15, 0.2) is 24.3 Å². The standard InChI is InChI=1S/C76H144O6/c1-4-7-10-13-16-19-22-25-28-31-33-35-36-37-38-39-40-42-43-45-48-51-54-57-60-63-66-69-75(78)81-72-73(71-80-74(77)68-65-62-59-56-53-50-47-30-27-24-21-18-15-12-9-6-3)82-76(79)70-67-64-61-58-55-52-49-46-44-41-34-32-29-26-23-20-17-14-11-8-5-2/h30,32,34,47,73H,4-29,31,33,35-46,48-72H2,1-3H3/b34-32-,47-30-. The SMILES string of the molecule is CCCCCCCCC/C=C\CCCCCCCC(=O)OCC(COC(=O)CCCCCCCCCCCCCCCCCCCCCCCCCCCCC)OC(=O)CCCCCCCCCCC/C=C\CCCCCCCCCC. The number of unbranched alkanes of at least 4 members (excludes halogenated alkanes) is 55. The third-order valence-electron chi connectivity index (χ3n) is 17.2. The van der Waals surface area contributed by atoms with Gasteiger partial charge in [0.25, 0.3) is 0 Å². The molecule has 0 rings (SSSR count). The fourth-order valence-electron chi connectivity index (χ4n) is 11.6. The van der Waals surface area contributed by atoms with Crippen LogP contribution in [-0.2, 0) is 28.6 Å². The van der Waals surface area contributed by atoms with E-state index in [1.807, 2.05) is 0 Å². The lowest BCUT2D eigenvalue weighted by atomic mass is 10.0. The van der Waals surface area contributed by atoms with E-state index in [1.54, 1.807) is 0 Å². The molecule has 0 spiro atoms. The molecule has 0 heterocycles. The number of carbonyl (C=O) groups is 3. The van der Waals surface area contributed by atoms with Gasteiger partial charge in [0.05, 0.1) is 0 Å². The average molecular weight is 1150 g/mol. The Hall–Kier alpha value is -2.11. The number of esters is 3. The molecule has 0 aromatic carbocycles. The van der Waals surface area contributed by atoms with Crippen LogP contribution in [-0.4, -0.2) is 37.2 Å². The van der Waals surface area contributed by atoms with Crippen LogP contribution >= 0.6 is 0 Å². The maximum Gasteiger partial charge on any atom is 0.306 e. The zero-order chi connectivity index (χ0) is 59.2. The van der Waals surface area contributed by atoms with Crippen LogP contribution in [0.1, 0.15) is 425 Å². The number of allylic oxidation sites excluding steroid dienone is 4. The van der Waals surface area contributed by atoms with E-state index in [9.17, 15) is 14.4 Å². The molecule has 6 heteroatoms. The molecule has 82 heavy (non-hydrogen) atoms. The number of ether oxygens (including phenoxy) is 3. The van der Waals surface area contributed by atoms with Crippen LogP contribution in [0.5, 0.6) is 0 Å². The van der Waals surface area contributed by atoms with Crippen molar-refractivity contribution >= 4 is 17.9 Å². The van der Waals surface area contributed by atoms with Gasteiger partial charge >= 0.3 is 17.9 Å². The zero-order valence-electron chi connectivity index (χ0n) is 55.8. The van der Waals surface area contributed by atoms with E-state index in [0.717, 1.165) is 64.2 Å². The van der Waals surface area contributed by atoms with E-state index >= 15 is 0 Å². The van der Waals surface area contributed by atoms with Crippen LogP contribution in [0.25, 0.3) is 0 Å². The number of hydrogen-bond acceptors (Lipinski definition) is 6. The third-order valence-corrected chi connectivity index (χ3v) is 17.2. The molecule has 6 nitrogen and oxygen atoms in total. The summed E-state index contributed by atoms with van der Waals surface area (Å²) >= 11 is 0. The lowest BCUT2D eigenvalue weighted by Gasteiger charge is -2.18. The molecule has 0 bridgehead atoms. The van der Waals surface area contributed by atoms with Crippen LogP contribution in [0.2, 0.25) is 0 Å². The van der Waals surface area contributed by atoms with Crippen molar-refractivity contribution in [2.45, 2.75) is 431 Å². The Labute approximate surface area is 513 Å². The predicted octanol–water partition coefficient (Wildman–Crippen LogP) is 25.7. The van der Waals surface area contributed by atoms with Crippen LogP contribution < -0.4 is 0 Å². The first-order valence-corrected chi connectivity index (χ1v) is 37.3. The second-order valence-corrected chi connectivity index (χ2v) is 25.6. The summed E-state index contributed by atoms with van der Waals surface area (Å²) in [6.07, 6.45) is 87.9. The quantitative estimate of drug-likeness (QED) is 0.0261. The van der Waals surface area contributed by atoms with E-state index < -0.39 is 6.10 Å². The van der Waals surface area contributed by atoms with E-state index in [-0.39, 0.29) is 31.1 Å². The van der Waals surface area contributed by atoms with E-state index in [0.29, 0.717) is 19.3 Å². The Bertz CT molecular complexity index is 1320. The number of rotatable bonds is 70. The molecule has 0 aromatic rings. The first-order chi connectivity index (χ1) is 40.5. The Morgan fingerprint density at radius 3 is 0.610 bits per heavy atom. The fourth-order valence-corrected chi connectivity index (χ4v) is 11.6. The normalized spacial score (nSPS) is 12.1. The lowest BCUT2D eigenvalue weighted by Crippen LogP contribution is -2.30. The highest BCUT2D eigenvalue weighted by Crippen LogP contribution is 2.19. The molecule has 1 unspecified atom stereocenters. The molecule has 0 aliphatic carbocycles. The highest BCUT2D eigenvalue weighted by atomic mass is 16.6. The molecule has 484 valence electrons. The average Bonchev–Trinajstić information content (AvgIpc) is 3.47. The molecule has 0 fully saturated rings. The van der Waals surface area contributed by atoms with Gasteiger partial charge in [-0.25, -0.2) is 0 Å². The summed E-state index contributed by atoms with van der Waals surface area (Å²) in [5.41, 5.74) is 0. The van der Waals surface area contributed by atoms with Crippen molar-refractivity contribution in [3.8, 4) is 0 Å². The second-order valence-electron chi connectivity index (χ2n) is 25.6.